The van der Waals surface area contributed by atoms with Crippen molar-refractivity contribution >= 4 is 11.7 Å². The lowest BCUT2D eigenvalue weighted by Gasteiger charge is -2.33. The Hall–Kier alpha value is -2.33. The van der Waals surface area contributed by atoms with Crippen molar-refractivity contribution in [3.05, 3.63) is 29.7 Å². The maximum atomic E-state index is 13.8. The first-order valence-corrected chi connectivity index (χ1v) is 11.6. The van der Waals surface area contributed by atoms with Crippen molar-refractivity contribution in [3.63, 3.8) is 0 Å². The van der Waals surface area contributed by atoms with Crippen LogP contribution in [0.25, 0.3) is 5.65 Å². The molecule has 1 amide bonds. The fourth-order valence-corrected chi connectivity index (χ4v) is 4.10. The maximum Gasteiger partial charge on any atom is 0.408 e. The van der Waals surface area contributed by atoms with Crippen molar-refractivity contribution in [2.45, 2.75) is 89.0 Å². The molecule has 8 nitrogen and oxygen atoms in total. The Morgan fingerprint density at radius 3 is 2.64 bits per heavy atom. The number of aromatic nitrogens is 3. The molecule has 2 saturated carbocycles. The molecule has 33 heavy (non-hydrogen) atoms. The zero-order valence-corrected chi connectivity index (χ0v) is 19.4. The van der Waals surface area contributed by atoms with Gasteiger partial charge in [-0.25, -0.2) is 23.1 Å². The predicted octanol–water partition coefficient (Wildman–Crippen LogP) is 4.30. The number of carbonyl (C=O) groups excluding carboxylic acids is 1. The van der Waals surface area contributed by atoms with E-state index in [0.717, 1.165) is 18.4 Å². The van der Waals surface area contributed by atoms with Crippen molar-refractivity contribution in [1.29, 1.82) is 0 Å². The third kappa shape index (κ3) is 6.38. The molecule has 2 aromatic rings. The average Bonchev–Trinajstić information content (AvgIpc) is 3.45. The molecule has 2 aliphatic carbocycles. The molecule has 2 aromatic heterocycles. The summed E-state index contributed by atoms with van der Waals surface area (Å²) in [5.41, 5.74) is 7.50. The summed E-state index contributed by atoms with van der Waals surface area (Å²) in [4.78, 5) is 17.2. The molecule has 3 N–H and O–H groups in total. The summed E-state index contributed by atoms with van der Waals surface area (Å²) in [6, 6.07) is 0.962. The second-order valence-electron chi connectivity index (χ2n) is 10.2. The van der Waals surface area contributed by atoms with Crippen LogP contribution >= 0.6 is 0 Å². The van der Waals surface area contributed by atoms with Gasteiger partial charge in [-0.15, -0.1) is 0 Å². The highest BCUT2D eigenvalue weighted by Gasteiger charge is 2.39. The van der Waals surface area contributed by atoms with Crippen molar-refractivity contribution in [3.8, 4) is 0 Å². The number of nitrogens with one attached hydrogen (secondary N) is 1. The first-order chi connectivity index (χ1) is 15.5. The van der Waals surface area contributed by atoms with E-state index in [1.165, 1.54) is 0 Å². The average molecular weight is 466 g/mol. The van der Waals surface area contributed by atoms with Gasteiger partial charge in [-0.3, -0.25) is 0 Å². The SMILES string of the molecule is CC(C)(C)OC(=O)N[C@H](c1cn2ncc([C@H](N)COC3CC3)cc2n1)C1CCC(F)(F)CC1. The van der Waals surface area contributed by atoms with Crippen LogP contribution in [0.1, 0.15) is 82.6 Å². The fraction of sp³-hybridized carbons (Fsp3) is 0.696. The first-order valence-electron chi connectivity index (χ1n) is 11.6. The van der Waals surface area contributed by atoms with E-state index in [9.17, 15) is 13.6 Å². The number of ether oxygens (including phenoxy) is 2. The first kappa shape index (κ1) is 23.8. The lowest BCUT2D eigenvalue weighted by Crippen LogP contribution is -2.40. The van der Waals surface area contributed by atoms with Gasteiger partial charge in [-0.05, 0) is 64.0 Å². The van der Waals surface area contributed by atoms with Crippen LogP contribution in [0.2, 0.25) is 0 Å². The smallest absolute Gasteiger partial charge is 0.408 e. The summed E-state index contributed by atoms with van der Waals surface area (Å²) in [6.07, 6.45) is 5.40. The number of nitrogens with two attached hydrogens (primary N) is 1. The van der Waals surface area contributed by atoms with Crippen molar-refractivity contribution in [1.82, 2.24) is 19.9 Å². The van der Waals surface area contributed by atoms with Crippen LogP contribution < -0.4 is 11.1 Å². The van der Waals surface area contributed by atoms with E-state index in [4.69, 9.17) is 15.2 Å². The number of imidazole rings is 1. The normalized spacial score (nSPS) is 21.0. The Morgan fingerprint density at radius 2 is 2.00 bits per heavy atom. The molecular formula is C23H33F2N5O3. The van der Waals surface area contributed by atoms with Crippen LogP contribution in [0.15, 0.2) is 18.5 Å². The molecule has 0 radical (unpaired) electrons. The number of alkyl carbamates (subject to hydrolysis) is 1. The van der Waals surface area contributed by atoms with Gasteiger partial charge < -0.3 is 20.5 Å². The van der Waals surface area contributed by atoms with Crippen LogP contribution in [0, 0.1) is 5.92 Å². The quantitative estimate of drug-likeness (QED) is 0.632. The van der Waals surface area contributed by atoms with Crippen LogP contribution in [0.3, 0.4) is 0 Å². The third-order valence-corrected chi connectivity index (χ3v) is 6.05. The standard InChI is InChI=1S/C23H33F2N5O3/c1-22(2,3)33-21(31)29-20(14-6-8-23(24,25)9-7-14)18-12-30-19(28-18)10-15(11-27-30)17(26)13-32-16-4-5-16/h10-12,14,16-17,20H,4-9,13,26H2,1-3H3,(H,29,31)/t17-,20+/m1/s1. The van der Waals surface area contributed by atoms with Gasteiger partial charge >= 0.3 is 6.09 Å². The van der Waals surface area contributed by atoms with E-state index in [0.29, 0.717) is 24.1 Å². The van der Waals surface area contributed by atoms with Gasteiger partial charge in [0.25, 0.3) is 0 Å². The molecule has 0 unspecified atom stereocenters. The van der Waals surface area contributed by atoms with Crippen molar-refractivity contribution < 1.29 is 23.0 Å². The summed E-state index contributed by atoms with van der Waals surface area (Å²) in [5.74, 6) is -2.85. The molecule has 2 heterocycles. The minimum Gasteiger partial charge on any atom is -0.444 e. The minimum atomic E-state index is -2.67. The molecule has 2 fully saturated rings. The molecule has 10 heteroatoms. The van der Waals surface area contributed by atoms with Crippen LogP contribution in [-0.2, 0) is 9.47 Å². The topological polar surface area (TPSA) is 104 Å². The number of fused-ring (bicyclic) bond motifs is 1. The van der Waals surface area contributed by atoms with Gasteiger partial charge in [0.1, 0.15) is 5.60 Å². The second kappa shape index (κ2) is 9.13. The van der Waals surface area contributed by atoms with Crippen molar-refractivity contribution in [2.24, 2.45) is 11.7 Å². The lowest BCUT2D eigenvalue weighted by molar-refractivity contribution is -0.0500. The zero-order chi connectivity index (χ0) is 23.8. The summed E-state index contributed by atoms with van der Waals surface area (Å²) < 4.78 is 40.3. The molecule has 0 bridgehead atoms. The van der Waals surface area contributed by atoms with Gasteiger partial charge in [0.15, 0.2) is 5.65 Å². The van der Waals surface area contributed by atoms with Crippen LogP contribution in [0.5, 0.6) is 0 Å². The maximum absolute atomic E-state index is 13.8. The third-order valence-electron chi connectivity index (χ3n) is 6.05. The molecule has 0 aliphatic heterocycles. The van der Waals surface area contributed by atoms with Crippen molar-refractivity contribution in [2.75, 3.05) is 6.61 Å². The highest BCUT2D eigenvalue weighted by atomic mass is 19.3. The highest BCUT2D eigenvalue weighted by Crippen LogP contribution is 2.41. The largest absolute Gasteiger partial charge is 0.444 e. The van der Waals surface area contributed by atoms with Gasteiger partial charge in [0.05, 0.1) is 42.9 Å². The molecule has 0 aromatic carbocycles. The van der Waals surface area contributed by atoms with Gasteiger partial charge in [-0.2, -0.15) is 5.10 Å². The Bertz CT molecular complexity index is 976. The number of halogens is 2. The zero-order valence-electron chi connectivity index (χ0n) is 19.4. The number of alkyl halides is 2. The van der Waals surface area contributed by atoms with Gasteiger partial charge in [0, 0.05) is 12.8 Å². The second-order valence-corrected chi connectivity index (χ2v) is 10.2. The Balaban J connectivity index is 1.55. The van der Waals surface area contributed by atoms with Crippen LogP contribution in [0.4, 0.5) is 13.6 Å². The number of hydrogen-bond donors (Lipinski definition) is 2. The number of hydrogen-bond acceptors (Lipinski definition) is 6. The summed E-state index contributed by atoms with van der Waals surface area (Å²) >= 11 is 0. The molecule has 0 spiro atoms. The van der Waals surface area contributed by atoms with E-state index < -0.39 is 23.7 Å². The molecule has 0 saturated heterocycles. The summed E-state index contributed by atoms with van der Waals surface area (Å²) in [6.45, 7) is 5.73. The van der Waals surface area contributed by atoms with E-state index in [2.05, 4.69) is 15.4 Å². The summed E-state index contributed by atoms with van der Waals surface area (Å²) in [7, 11) is 0. The molecule has 2 aliphatic rings. The van der Waals surface area contributed by atoms with Crippen LogP contribution in [-0.4, -0.2) is 44.9 Å². The molecule has 2 atom stereocenters. The van der Waals surface area contributed by atoms with E-state index in [1.807, 2.05) is 6.07 Å². The fourth-order valence-electron chi connectivity index (χ4n) is 4.10. The Morgan fingerprint density at radius 1 is 1.30 bits per heavy atom. The number of amides is 1. The molecular weight excluding hydrogens is 432 g/mol. The Kier molecular flexibility index (Phi) is 6.59. The molecule has 4 rings (SSSR count). The predicted molar refractivity (Wildman–Crippen MR) is 118 cm³/mol. The minimum absolute atomic E-state index is 0.185. The summed E-state index contributed by atoms with van der Waals surface area (Å²) in [5, 5.41) is 7.28. The number of nitrogens with zero attached hydrogens (tertiary/aromatic N) is 3. The number of rotatable bonds is 7. The van der Waals surface area contributed by atoms with Gasteiger partial charge in [0.2, 0.25) is 5.92 Å². The monoisotopic (exact) mass is 465 g/mol. The van der Waals surface area contributed by atoms with E-state index in [-0.39, 0.29) is 37.6 Å². The molecule has 182 valence electrons. The highest BCUT2D eigenvalue weighted by molar-refractivity contribution is 5.68. The Labute approximate surface area is 192 Å². The van der Waals surface area contributed by atoms with E-state index in [1.54, 1.807) is 37.7 Å². The van der Waals surface area contributed by atoms with E-state index >= 15 is 0 Å². The lowest BCUT2D eigenvalue weighted by atomic mass is 9.81. The van der Waals surface area contributed by atoms with Gasteiger partial charge in [-0.1, -0.05) is 0 Å². The number of carbonyl (C=O) groups is 1.